The van der Waals surface area contributed by atoms with Crippen LogP contribution >= 0.6 is 15.9 Å². The van der Waals surface area contributed by atoms with Gasteiger partial charge in [-0.05, 0) is 18.2 Å². The van der Waals surface area contributed by atoms with Crippen molar-refractivity contribution in [3.8, 4) is 5.75 Å². The molecule has 2 amide bonds. The summed E-state index contributed by atoms with van der Waals surface area (Å²) in [4.78, 5) is 13.0. The third-order valence-electron chi connectivity index (χ3n) is 2.54. The van der Waals surface area contributed by atoms with E-state index in [0.717, 1.165) is 11.0 Å². The fourth-order valence-electron chi connectivity index (χ4n) is 1.64. The van der Waals surface area contributed by atoms with E-state index in [1.807, 2.05) is 12.1 Å². The van der Waals surface area contributed by atoms with Gasteiger partial charge in [0.05, 0.1) is 12.2 Å². The Hall–Kier alpha value is -1.43. The smallest absolute Gasteiger partial charge is 0.317 e. The molecule has 1 saturated heterocycles. The molecule has 0 aromatic heterocycles. The molecule has 0 aliphatic carbocycles. The number of nitrogens with zero attached hydrogens (tertiary/aromatic N) is 1. The Balaban J connectivity index is 1.83. The lowest BCUT2D eigenvalue weighted by atomic mass is 10.3. The zero-order chi connectivity index (χ0) is 12.3. The minimum Gasteiger partial charge on any atom is -0.490 e. The van der Waals surface area contributed by atoms with Crippen LogP contribution in [-0.4, -0.2) is 37.2 Å². The van der Waals surface area contributed by atoms with Gasteiger partial charge in [0.15, 0.2) is 0 Å². The maximum absolute atomic E-state index is 11.3. The normalized spacial score (nSPS) is 14.9. The first-order chi connectivity index (χ1) is 8.16. The number of benzene rings is 1. The van der Waals surface area contributed by atoms with Gasteiger partial charge in [-0.3, -0.25) is 0 Å². The Kier molecular flexibility index (Phi) is 3.73. The van der Waals surface area contributed by atoms with E-state index in [4.69, 9.17) is 10.5 Å². The molecule has 1 aromatic rings. The van der Waals surface area contributed by atoms with Crippen LogP contribution in [0.1, 0.15) is 0 Å². The van der Waals surface area contributed by atoms with E-state index >= 15 is 0 Å². The van der Waals surface area contributed by atoms with Crippen LogP contribution in [0, 0.1) is 0 Å². The number of halogens is 1. The number of ether oxygens (including phenoxy) is 1. The van der Waals surface area contributed by atoms with Crippen LogP contribution in [0.5, 0.6) is 5.75 Å². The summed E-state index contributed by atoms with van der Waals surface area (Å²) < 4.78 is 6.45. The molecule has 1 aliphatic rings. The second-order valence-electron chi connectivity index (χ2n) is 3.75. The topological polar surface area (TPSA) is 67.6 Å². The number of anilines is 1. The Morgan fingerprint density at radius 3 is 3.00 bits per heavy atom. The van der Waals surface area contributed by atoms with Crippen molar-refractivity contribution in [1.29, 1.82) is 0 Å². The lowest BCUT2D eigenvalue weighted by Gasteiger charge is -2.15. The number of carbonyl (C=O) groups is 1. The summed E-state index contributed by atoms with van der Waals surface area (Å²) in [5.74, 6) is 0.646. The molecule has 1 heterocycles. The van der Waals surface area contributed by atoms with Gasteiger partial charge in [-0.2, -0.15) is 0 Å². The van der Waals surface area contributed by atoms with Gasteiger partial charge in [-0.25, -0.2) is 4.79 Å². The lowest BCUT2D eigenvalue weighted by Crippen LogP contribution is -2.31. The largest absolute Gasteiger partial charge is 0.490 e. The fourth-order valence-corrected chi connectivity index (χ4v) is 2.02. The molecule has 6 heteroatoms. The molecule has 1 aliphatic heterocycles. The third-order valence-corrected chi connectivity index (χ3v) is 3.03. The lowest BCUT2D eigenvalue weighted by molar-refractivity contribution is 0.203. The summed E-state index contributed by atoms with van der Waals surface area (Å²) in [6, 6.07) is 5.44. The van der Waals surface area contributed by atoms with E-state index in [9.17, 15) is 4.79 Å². The summed E-state index contributed by atoms with van der Waals surface area (Å²) in [5, 5.41) is 2.74. The highest BCUT2D eigenvalue weighted by atomic mass is 79.9. The number of nitrogen functional groups attached to an aromatic ring is 1. The molecule has 0 saturated carbocycles. The number of hydrogen-bond donors (Lipinski definition) is 2. The van der Waals surface area contributed by atoms with Crippen molar-refractivity contribution in [2.75, 3.05) is 32.0 Å². The van der Waals surface area contributed by atoms with Gasteiger partial charge >= 0.3 is 6.03 Å². The zero-order valence-electron chi connectivity index (χ0n) is 9.28. The number of rotatable bonds is 4. The first-order valence-electron chi connectivity index (χ1n) is 5.37. The van der Waals surface area contributed by atoms with Crippen LogP contribution in [0.2, 0.25) is 0 Å². The predicted octanol–water partition coefficient (Wildman–Crippen LogP) is 1.44. The molecule has 0 unspecified atom stereocenters. The minimum absolute atomic E-state index is 0.0302. The standard InChI is InChI=1S/C11H14BrN3O2/c12-8-1-2-10(9(13)7-8)17-6-5-15-4-3-14-11(15)16/h1-2,7H,3-6,13H2,(H,14,16). The predicted molar refractivity (Wildman–Crippen MR) is 69.0 cm³/mol. The van der Waals surface area contributed by atoms with Crippen LogP contribution in [0.4, 0.5) is 10.5 Å². The second kappa shape index (κ2) is 5.27. The number of carbonyl (C=O) groups excluding carboxylic acids is 1. The van der Waals surface area contributed by atoms with Crippen LogP contribution in [0.3, 0.4) is 0 Å². The van der Waals surface area contributed by atoms with E-state index < -0.39 is 0 Å². The molecule has 0 atom stereocenters. The summed E-state index contributed by atoms with van der Waals surface area (Å²) >= 11 is 3.33. The van der Waals surface area contributed by atoms with Crippen LogP contribution in [0.15, 0.2) is 22.7 Å². The highest BCUT2D eigenvalue weighted by Gasteiger charge is 2.18. The molecule has 0 radical (unpaired) electrons. The number of nitrogens with two attached hydrogens (primary N) is 1. The summed E-state index contributed by atoms with van der Waals surface area (Å²) in [6.07, 6.45) is 0. The summed E-state index contributed by atoms with van der Waals surface area (Å²) in [5.41, 5.74) is 6.38. The van der Waals surface area contributed by atoms with Gasteiger partial charge in [0.25, 0.3) is 0 Å². The molecular formula is C11H14BrN3O2. The molecular weight excluding hydrogens is 286 g/mol. The van der Waals surface area contributed by atoms with E-state index in [-0.39, 0.29) is 6.03 Å². The molecule has 3 N–H and O–H groups in total. The van der Waals surface area contributed by atoms with Crippen LogP contribution < -0.4 is 15.8 Å². The quantitative estimate of drug-likeness (QED) is 0.827. The van der Waals surface area contributed by atoms with Crippen LogP contribution in [0.25, 0.3) is 0 Å². The van der Waals surface area contributed by atoms with Gasteiger partial charge < -0.3 is 20.7 Å². The Morgan fingerprint density at radius 1 is 1.53 bits per heavy atom. The van der Waals surface area contributed by atoms with Crippen molar-refractivity contribution >= 4 is 27.6 Å². The van der Waals surface area contributed by atoms with E-state index in [2.05, 4.69) is 21.2 Å². The molecule has 0 bridgehead atoms. The van der Waals surface area contributed by atoms with Crippen molar-refractivity contribution in [2.24, 2.45) is 0 Å². The van der Waals surface area contributed by atoms with Gasteiger partial charge in [0.2, 0.25) is 0 Å². The average Bonchev–Trinajstić information content (AvgIpc) is 2.68. The fraction of sp³-hybridized carbons (Fsp3) is 0.364. The summed E-state index contributed by atoms with van der Waals surface area (Å²) in [7, 11) is 0. The molecule has 1 fully saturated rings. The van der Waals surface area contributed by atoms with Crippen molar-refractivity contribution in [2.45, 2.75) is 0 Å². The maximum Gasteiger partial charge on any atom is 0.317 e. The number of hydrogen-bond acceptors (Lipinski definition) is 3. The number of urea groups is 1. The Bertz CT molecular complexity index is 425. The molecule has 92 valence electrons. The average molecular weight is 300 g/mol. The van der Waals surface area contributed by atoms with E-state index in [1.54, 1.807) is 11.0 Å². The van der Waals surface area contributed by atoms with Crippen molar-refractivity contribution < 1.29 is 9.53 Å². The number of amides is 2. The molecule has 5 nitrogen and oxygen atoms in total. The van der Waals surface area contributed by atoms with Crippen molar-refractivity contribution in [3.05, 3.63) is 22.7 Å². The number of nitrogens with one attached hydrogen (secondary N) is 1. The molecule has 2 rings (SSSR count). The Morgan fingerprint density at radius 2 is 2.35 bits per heavy atom. The van der Waals surface area contributed by atoms with E-state index in [1.165, 1.54) is 0 Å². The first-order valence-corrected chi connectivity index (χ1v) is 6.17. The summed E-state index contributed by atoms with van der Waals surface area (Å²) in [6.45, 7) is 2.46. The molecule has 1 aromatic carbocycles. The van der Waals surface area contributed by atoms with Gasteiger partial charge in [-0.1, -0.05) is 15.9 Å². The van der Waals surface area contributed by atoms with E-state index in [0.29, 0.717) is 31.1 Å². The van der Waals surface area contributed by atoms with Gasteiger partial charge in [0.1, 0.15) is 12.4 Å². The minimum atomic E-state index is -0.0302. The Labute approximate surface area is 108 Å². The van der Waals surface area contributed by atoms with Gasteiger partial charge in [0, 0.05) is 17.6 Å². The molecule has 17 heavy (non-hydrogen) atoms. The highest BCUT2D eigenvalue weighted by molar-refractivity contribution is 9.10. The monoisotopic (exact) mass is 299 g/mol. The first kappa shape index (κ1) is 12.0. The van der Waals surface area contributed by atoms with Crippen molar-refractivity contribution in [1.82, 2.24) is 10.2 Å². The van der Waals surface area contributed by atoms with Crippen molar-refractivity contribution in [3.63, 3.8) is 0 Å². The third kappa shape index (κ3) is 3.03. The zero-order valence-corrected chi connectivity index (χ0v) is 10.9. The highest BCUT2D eigenvalue weighted by Crippen LogP contribution is 2.25. The van der Waals surface area contributed by atoms with Crippen LogP contribution in [-0.2, 0) is 0 Å². The second-order valence-corrected chi connectivity index (χ2v) is 4.67. The SMILES string of the molecule is Nc1cc(Br)ccc1OCCN1CCNC1=O. The molecule has 0 spiro atoms. The van der Waals surface area contributed by atoms with Gasteiger partial charge in [-0.15, -0.1) is 0 Å². The maximum atomic E-state index is 11.3.